The van der Waals surface area contributed by atoms with Crippen LogP contribution < -0.4 is 4.90 Å². The van der Waals surface area contributed by atoms with Crippen LogP contribution in [0.2, 0.25) is 0 Å². The number of anilines is 1. The lowest BCUT2D eigenvalue weighted by Crippen LogP contribution is -2.54. The first-order chi connectivity index (χ1) is 18.8. The number of amides is 1. The molecule has 2 aromatic carbocycles. The Bertz CT molecular complexity index is 1520. The molecule has 1 amide bonds. The average Bonchev–Trinajstić information content (AvgIpc) is 3.35. The molecule has 6 rings (SSSR count). The molecule has 0 bridgehead atoms. The number of carbonyl (C=O) groups excluding carboxylic acids is 1. The maximum absolute atomic E-state index is 12.7. The number of nitrogens with one attached hydrogen (secondary N) is 1. The van der Waals surface area contributed by atoms with Crippen LogP contribution in [0.1, 0.15) is 34.8 Å². The number of pyridine rings is 1. The minimum Gasteiger partial charge on any atom is -0.392 e. The summed E-state index contributed by atoms with van der Waals surface area (Å²) in [5, 5.41) is 10.7. The lowest BCUT2D eigenvalue weighted by Gasteiger charge is -2.46. The first-order valence-corrected chi connectivity index (χ1v) is 13.9. The van der Waals surface area contributed by atoms with Crippen LogP contribution in [0.4, 0.5) is 5.69 Å². The highest BCUT2D eigenvalue weighted by Crippen LogP contribution is 2.39. The number of nitrogens with zero attached hydrogens (tertiary/aromatic N) is 4. The highest BCUT2D eigenvalue weighted by atomic mass is 16.3. The van der Waals surface area contributed by atoms with Gasteiger partial charge in [0.1, 0.15) is 5.65 Å². The normalized spacial score (nSPS) is 18.1. The van der Waals surface area contributed by atoms with Crippen LogP contribution >= 0.6 is 0 Å². The quantitative estimate of drug-likeness (QED) is 0.396. The van der Waals surface area contributed by atoms with Crippen molar-refractivity contribution in [3.05, 3.63) is 71.5 Å². The molecule has 0 radical (unpaired) electrons. The first kappa shape index (κ1) is 25.6. The van der Waals surface area contributed by atoms with Gasteiger partial charge in [-0.25, -0.2) is 4.98 Å². The number of H-pyrrole nitrogens is 1. The van der Waals surface area contributed by atoms with Crippen LogP contribution in [0.25, 0.3) is 33.3 Å². The van der Waals surface area contributed by atoms with Gasteiger partial charge in [-0.3, -0.25) is 4.79 Å². The summed E-state index contributed by atoms with van der Waals surface area (Å²) in [7, 11) is 3.94. The third-order valence-corrected chi connectivity index (χ3v) is 8.29. The van der Waals surface area contributed by atoms with E-state index in [1.807, 2.05) is 36.7 Å². The van der Waals surface area contributed by atoms with Crippen LogP contribution in [0.15, 0.2) is 54.9 Å². The number of benzene rings is 2. The minimum absolute atomic E-state index is 0.101. The molecule has 7 nitrogen and oxygen atoms in total. The second kappa shape index (κ2) is 10.1. The number of fused-ring (bicyclic) bond motifs is 4. The first-order valence-electron chi connectivity index (χ1n) is 13.9. The van der Waals surface area contributed by atoms with Crippen LogP contribution in [0.5, 0.6) is 0 Å². The Labute approximate surface area is 230 Å². The maximum Gasteiger partial charge on any atom is 0.253 e. The fraction of sp³-hybridized carbons (Fsp3) is 0.375. The van der Waals surface area contributed by atoms with E-state index in [9.17, 15) is 9.90 Å². The largest absolute Gasteiger partial charge is 0.392 e. The Morgan fingerprint density at radius 2 is 1.95 bits per heavy atom. The van der Waals surface area contributed by atoms with E-state index in [-0.39, 0.29) is 5.91 Å². The van der Waals surface area contributed by atoms with E-state index in [2.05, 4.69) is 47.0 Å². The zero-order valence-corrected chi connectivity index (χ0v) is 23.2. The van der Waals surface area contributed by atoms with Crippen molar-refractivity contribution >= 4 is 22.6 Å². The Morgan fingerprint density at radius 3 is 2.72 bits per heavy atom. The molecule has 2 N–H and O–H groups in total. The number of aliphatic hydroxyl groups is 1. The van der Waals surface area contributed by atoms with Gasteiger partial charge in [0, 0.05) is 79.4 Å². The number of carbonyl (C=O) groups is 1. The van der Waals surface area contributed by atoms with Gasteiger partial charge in [0.15, 0.2) is 0 Å². The van der Waals surface area contributed by atoms with Crippen molar-refractivity contribution in [2.45, 2.75) is 38.8 Å². The monoisotopic (exact) mass is 523 g/mol. The zero-order chi connectivity index (χ0) is 27.3. The predicted octanol–water partition coefficient (Wildman–Crippen LogP) is 4.72. The molecule has 202 valence electrons. The van der Waals surface area contributed by atoms with E-state index in [1.165, 1.54) is 28.8 Å². The van der Waals surface area contributed by atoms with Crippen LogP contribution in [0, 0.1) is 6.92 Å². The molecule has 0 aliphatic carbocycles. The minimum atomic E-state index is -0.561. The van der Waals surface area contributed by atoms with Crippen LogP contribution in [-0.2, 0) is 6.42 Å². The molecule has 2 aliphatic heterocycles. The molecule has 4 heterocycles. The molecule has 2 aliphatic rings. The van der Waals surface area contributed by atoms with Gasteiger partial charge in [0.25, 0.3) is 5.91 Å². The SMILES string of the molecule is Cc1cc(-c2cnc3[nH]cc(-c4ccc(C(=O)N(C)CC(C)O)cc4)c3c2)cc2c1N1CCN(C)C[C@@H]1CC2. The zero-order valence-electron chi connectivity index (χ0n) is 23.2. The number of hydrogen-bond donors (Lipinski definition) is 2. The molecule has 1 unspecified atom stereocenters. The van der Waals surface area contributed by atoms with Crippen molar-refractivity contribution in [2.75, 3.05) is 45.2 Å². The lowest BCUT2D eigenvalue weighted by molar-refractivity contribution is 0.0703. The second-order valence-corrected chi connectivity index (χ2v) is 11.4. The molecule has 2 atom stereocenters. The van der Waals surface area contributed by atoms with Crippen molar-refractivity contribution in [1.29, 1.82) is 0 Å². The summed E-state index contributed by atoms with van der Waals surface area (Å²) in [6, 6.07) is 15.2. The third-order valence-electron chi connectivity index (χ3n) is 8.29. The van der Waals surface area contributed by atoms with Gasteiger partial charge >= 0.3 is 0 Å². The number of aliphatic hydroxyl groups excluding tert-OH is 1. The molecule has 0 spiro atoms. The van der Waals surface area contributed by atoms with Crippen LogP contribution in [0.3, 0.4) is 0 Å². The van der Waals surface area contributed by atoms with E-state index in [1.54, 1.807) is 18.9 Å². The van der Waals surface area contributed by atoms with Crippen molar-refractivity contribution < 1.29 is 9.90 Å². The van der Waals surface area contributed by atoms with Crippen molar-refractivity contribution in [1.82, 2.24) is 19.8 Å². The van der Waals surface area contributed by atoms with E-state index in [0.29, 0.717) is 18.2 Å². The summed E-state index contributed by atoms with van der Waals surface area (Å²) in [5.41, 5.74) is 10.1. The van der Waals surface area contributed by atoms with Gasteiger partial charge in [0.05, 0.1) is 6.10 Å². The van der Waals surface area contributed by atoms with E-state index in [0.717, 1.165) is 53.8 Å². The van der Waals surface area contributed by atoms with E-state index < -0.39 is 6.10 Å². The molecule has 39 heavy (non-hydrogen) atoms. The number of hydrogen-bond acceptors (Lipinski definition) is 5. The topological polar surface area (TPSA) is 75.7 Å². The highest BCUT2D eigenvalue weighted by molar-refractivity contribution is 5.98. The summed E-state index contributed by atoms with van der Waals surface area (Å²) in [5.74, 6) is -0.101. The number of aromatic nitrogens is 2. The number of rotatable bonds is 5. The Hall–Kier alpha value is -3.68. The third kappa shape index (κ3) is 4.81. The molecular weight excluding hydrogens is 486 g/mol. The second-order valence-electron chi connectivity index (χ2n) is 11.4. The smallest absolute Gasteiger partial charge is 0.253 e. The van der Waals surface area contributed by atoms with Crippen molar-refractivity contribution in [3.63, 3.8) is 0 Å². The van der Waals surface area contributed by atoms with E-state index >= 15 is 0 Å². The molecule has 4 aromatic rings. The van der Waals surface area contributed by atoms with Crippen molar-refractivity contribution in [2.24, 2.45) is 0 Å². The van der Waals surface area contributed by atoms with Gasteiger partial charge in [0.2, 0.25) is 0 Å². The standard InChI is InChI=1S/C32H37N5O2/c1-20-13-25(14-24-9-10-27-19-35(3)11-12-37(27)30(20)24)26-15-28-29(17-34-31(28)33-16-26)22-5-7-23(8-6-22)32(39)36(4)18-21(2)38/h5-8,13-17,21,27,38H,9-12,18-19H2,1-4H3,(H,33,34)/t21?,27-/m0/s1. The fourth-order valence-corrected chi connectivity index (χ4v) is 6.39. The molecule has 2 aromatic heterocycles. The Morgan fingerprint density at radius 1 is 1.15 bits per heavy atom. The lowest BCUT2D eigenvalue weighted by atomic mass is 9.89. The summed E-state index contributed by atoms with van der Waals surface area (Å²) in [4.78, 5) is 27.4. The van der Waals surface area contributed by atoms with Gasteiger partial charge in [-0.15, -0.1) is 0 Å². The van der Waals surface area contributed by atoms with E-state index in [4.69, 9.17) is 4.98 Å². The number of piperazine rings is 1. The van der Waals surface area contributed by atoms with Gasteiger partial charge in [-0.2, -0.15) is 0 Å². The summed E-state index contributed by atoms with van der Waals surface area (Å²) >= 11 is 0. The van der Waals surface area contributed by atoms with Gasteiger partial charge < -0.3 is 24.8 Å². The Balaban J connectivity index is 1.30. The average molecular weight is 524 g/mol. The fourth-order valence-electron chi connectivity index (χ4n) is 6.39. The summed E-state index contributed by atoms with van der Waals surface area (Å²) in [6.45, 7) is 7.58. The predicted molar refractivity (Wildman–Crippen MR) is 157 cm³/mol. The number of aromatic amines is 1. The highest BCUT2D eigenvalue weighted by Gasteiger charge is 2.31. The van der Waals surface area contributed by atoms with Gasteiger partial charge in [-0.05, 0) is 86.3 Å². The molecule has 1 fully saturated rings. The summed E-state index contributed by atoms with van der Waals surface area (Å²) < 4.78 is 0. The Kier molecular flexibility index (Phi) is 6.65. The number of aryl methyl sites for hydroxylation is 2. The molecular formula is C32H37N5O2. The van der Waals surface area contributed by atoms with Crippen molar-refractivity contribution in [3.8, 4) is 22.3 Å². The van der Waals surface area contributed by atoms with Crippen LogP contribution in [-0.4, -0.2) is 83.2 Å². The summed E-state index contributed by atoms with van der Waals surface area (Å²) in [6.07, 6.45) is 5.71. The number of likely N-dealkylation sites (N-methyl/N-ethyl adjacent to an activating group) is 2. The molecule has 7 heteroatoms. The molecule has 1 saturated heterocycles. The maximum atomic E-state index is 12.7. The van der Waals surface area contributed by atoms with Gasteiger partial charge in [-0.1, -0.05) is 12.1 Å². The molecule has 0 saturated carbocycles.